The highest BCUT2D eigenvalue weighted by Gasteiger charge is 2.17. The van der Waals surface area contributed by atoms with Crippen molar-refractivity contribution in [3.63, 3.8) is 0 Å². The quantitative estimate of drug-likeness (QED) is 0.326. The highest BCUT2D eigenvalue weighted by Crippen LogP contribution is 2.30. The van der Waals surface area contributed by atoms with E-state index in [-0.39, 0.29) is 0 Å². The van der Waals surface area contributed by atoms with E-state index < -0.39 is 0 Å². The van der Waals surface area contributed by atoms with Gasteiger partial charge in [0.2, 0.25) is 0 Å². The van der Waals surface area contributed by atoms with Crippen molar-refractivity contribution in [1.82, 2.24) is 24.7 Å². The van der Waals surface area contributed by atoms with Gasteiger partial charge in [-0.3, -0.25) is 4.57 Å². The SMILES string of the molecule is COc1ccc(-c2nnc(SCc3nc4ccccc4nc3C)n2-c2ccccc2)cc1. The van der Waals surface area contributed by atoms with Gasteiger partial charge in [0.15, 0.2) is 11.0 Å². The fourth-order valence-electron chi connectivity index (χ4n) is 3.49. The van der Waals surface area contributed by atoms with E-state index in [0.29, 0.717) is 5.75 Å². The molecule has 0 bridgehead atoms. The minimum atomic E-state index is 0.650. The monoisotopic (exact) mass is 439 g/mol. The van der Waals surface area contributed by atoms with Crippen molar-refractivity contribution >= 4 is 22.8 Å². The second kappa shape index (κ2) is 8.80. The number of benzene rings is 3. The minimum Gasteiger partial charge on any atom is -0.497 e. The average Bonchev–Trinajstić information content (AvgIpc) is 3.27. The number of ether oxygens (including phenoxy) is 1. The topological polar surface area (TPSA) is 65.7 Å². The van der Waals surface area contributed by atoms with Gasteiger partial charge in [0.1, 0.15) is 5.75 Å². The largest absolute Gasteiger partial charge is 0.497 e. The first-order valence-corrected chi connectivity index (χ1v) is 11.2. The first-order valence-electron chi connectivity index (χ1n) is 10.2. The molecule has 0 N–H and O–H groups in total. The van der Waals surface area contributed by atoms with Crippen molar-refractivity contribution in [2.24, 2.45) is 0 Å². The molecular formula is C25H21N5OS. The van der Waals surface area contributed by atoms with E-state index >= 15 is 0 Å². The van der Waals surface area contributed by atoms with E-state index in [0.717, 1.165) is 50.4 Å². The van der Waals surface area contributed by atoms with Crippen molar-refractivity contribution in [2.45, 2.75) is 17.8 Å². The predicted octanol–water partition coefficient (Wildman–Crippen LogP) is 5.49. The van der Waals surface area contributed by atoms with E-state index in [2.05, 4.69) is 26.9 Å². The van der Waals surface area contributed by atoms with Crippen LogP contribution in [0.15, 0.2) is 84.0 Å². The number of hydrogen-bond acceptors (Lipinski definition) is 6. The van der Waals surface area contributed by atoms with E-state index in [9.17, 15) is 0 Å². The summed E-state index contributed by atoms with van der Waals surface area (Å²) < 4.78 is 7.37. The molecule has 0 amide bonds. The molecule has 2 heterocycles. The summed E-state index contributed by atoms with van der Waals surface area (Å²) in [5.41, 5.74) is 5.66. The van der Waals surface area contributed by atoms with Crippen LogP contribution in [0.25, 0.3) is 28.1 Å². The Balaban J connectivity index is 1.51. The number of aromatic nitrogens is 5. The predicted molar refractivity (Wildman–Crippen MR) is 127 cm³/mol. The molecule has 6 nitrogen and oxygen atoms in total. The van der Waals surface area contributed by atoms with E-state index in [1.807, 2.05) is 73.7 Å². The number of methoxy groups -OCH3 is 1. The van der Waals surface area contributed by atoms with E-state index in [1.165, 1.54) is 0 Å². The Morgan fingerprint density at radius 2 is 1.50 bits per heavy atom. The standard InChI is InChI=1S/C25H21N5OS/c1-17-23(27-22-11-7-6-10-21(22)26-17)16-32-25-29-28-24(18-12-14-20(31-2)15-13-18)30(25)19-8-4-3-5-9-19/h3-15H,16H2,1-2H3. The number of para-hydroxylation sites is 3. The average molecular weight is 440 g/mol. The zero-order chi connectivity index (χ0) is 21.9. The van der Waals surface area contributed by atoms with Crippen LogP contribution >= 0.6 is 11.8 Å². The molecule has 5 aromatic rings. The highest BCUT2D eigenvalue weighted by atomic mass is 32.2. The summed E-state index contributed by atoms with van der Waals surface area (Å²) in [6.07, 6.45) is 0. The van der Waals surface area contributed by atoms with Crippen LogP contribution in [0.3, 0.4) is 0 Å². The highest BCUT2D eigenvalue weighted by molar-refractivity contribution is 7.98. The third kappa shape index (κ3) is 3.94. The van der Waals surface area contributed by atoms with Gasteiger partial charge in [-0.2, -0.15) is 0 Å². The molecule has 0 aliphatic rings. The molecule has 3 aromatic carbocycles. The van der Waals surface area contributed by atoms with Gasteiger partial charge in [-0.1, -0.05) is 42.1 Å². The number of aryl methyl sites for hydroxylation is 1. The lowest BCUT2D eigenvalue weighted by atomic mass is 10.2. The van der Waals surface area contributed by atoms with Gasteiger partial charge in [-0.15, -0.1) is 10.2 Å². The minimum absolute atomic E-state index is 0.650. The van der Waals surface area contributed by atoms with Crippen molar-refractivity contribution in [3.05, 3.63) is 90.3 Å². The van der Waals surface area contributed by atoms with Crippen LogP contribution in [-0.2, 0) is 5.75 Å². The van der Waals surface area contributed by atoms with Gasteiger partial charge in [-0.25, -0.2) is 9.97 Å². The molecule has 5 rings (SSSR count). The van der Waals surface area contributed by atoms with Crippen molar-refractivity contribution in [2.75, 3.05) is 7.11 Å². The first kappa shape index (κ1) is 20.2. The molecule has 0 saturated heterocycles. The third-order valence-corrected chi connectivity index (χ3v) is 6.12. The summed E-state index contributed by atoms with van der Waals surface area (Å²) in [5.74, 6) is 2.24. The molecule has 0 aliphatic carbocycles. The molecule has 0 radical (unpaired) electrons. The lowest BCUT2D eigenvalue weighted by Gasteiger charge is -2.11. The Labute approximate surface area is 190 Å². The molecule has 32 heavy (non-hydrogen) atoms. The molecule has 0 atom stereocenters. The summed E-state index contributed by atoms with van der Waals surface area (Å²) >= 11 is 1.60. The Bertz CT molecular complexity index is 1370. The summed E-state index contributed by atoms with van der Waals surface area (Å²) in [5, 5.41) is 9.84. The zero-order valence-electron chi connectivity index (χ0n) is 17.8. The van der Waals surface area contributed by atoms with E-state index in [1.54, 1.807) is 18.9 Å². The molecule has 2 aromatic heterocycles. The second-order valence-corrected chi connectivity index (χ2v) is 8.18. The second-order valence-electron chi connectivity index (χ2n) is 7.24. The van der Waals surface area contributed by atoms with Crippen LogP contribution in [0.4, 0.5) is 0 Å². The van der Waals surface area contributed by atoms with Gasteiger partial charge in [0.05, 0.1) is 29.5 Å². The van der Waals surface area contributed by atoms with Gasteiger partial charge < -0.3 is 4.74 Å². The smallest absolute Gasteiger partial charge is 0.196 e. The molecule has 158 valence electrons. The number of thioether (sulfide) groups is 1. The molecule has 0 fully saturated rings. The summed E-state index contributed by atoms with van der Waals surface area (Å²) in [4.78, 5) is 9.53. The lowest BCUT2D eigenvalue weighted by Crippen LogP contribution is -2.01. The summed E-state index contributed by atoms with van der Waals surface area (Å²) in [7, 11) is 1.66. The molecule has 0 unspecified atom stereocenters. The maximum atomic E-state index is 5.29. The Hall–Kier alpha value is -3.71. The summed E-state index contributed by atoms with van der Waals surface area (Å²) in [6, 6.07) is 25.9. The normalized spacial score (nSPS) is 11.1. The fourth-order valence-corrected chi connectivity index (χ4v) is 4.45. The van der Waals surface area contributed by atoms with Crippen LogP contribution in [0.5, 0.6) is 5.75 Å². The van der Waals surface area contributed by atoms with E-state index in [4.69, 9.17) is 14.7 Å². The van der Waals surface area contributed by atoms with Crippen molar-refractivity contribution < 1.29 is 4.74 Å². The van der Waals surface area contributed by atoms with Crippen molar-refractivity contribution in [1.29, 1.82) is 0 Å². The van der Waals surface area contributed by atoms with Gasteiger partial charge in [0.25, 0.3) is 0 Å². The Morgan fingerprint density at radius 1 is 0.812 bits per heavy atom. The summed E-state index contributed by atoms with van der Waals surface area (Å²) in [6.45, 7) is 2.00. The molecule has 0 spiro atoms. The molecule has 7 heteroatoms. The molecule has 0 aliphatic heterocycles. The van der Waals surface area contributed by atoms with Crippen LogP contribution in [0, 0.1) is 6.92 Å². The van der Waals surface area contributed by atoms with Gasteiger partial charge in [-0.05, 0) is 55.5 Å². The number of hydrogen-bond donors (Lipinski definition) is 0. The van der Waals surface area contributed by atoms with Gasteiger partial charge >= 0.3 is 0 Å². The van der Waals surface area contributed by atoms with Crippen LogP contribution in [0.1, 0.15) is 11.4 Å². The fraction of sp³-hybridized carbons (Fsp3) is 0.120. The zero-order valence-corrected chi connectivity index (χ0v) is 18.6. The van der Waals surface area contributed by atoms with Crippen LogP contribution in [0.2, 0.25) is 0 Å². The number of fused-ring (bicyclic) bond motifs is 1. The van der Waals surface area contributed by atoms with Gasteiger partial charge in [0, 0.05) is 17.0 Å². The molecular weight excluding hydrogens is 418 g/mol. The van der Waals surface area contributed by atoms with Crippen LogP contribution < -0.4 is 4.74 Å². The number of rotatable bonds is 6. The third-order valence-electron chi connectivity index (χ3n) is 5.18. The maximum absolute atomic E-state index is 5.29. The first-order chi connectivity index (χ1) is 15.7. The van der Waals surface area contributed by atoms with Crippen molar-refractivity contribution in [3.8, 4) is 22.8 Å². The maximum Gasteiger partial charge on any atom is 0.196 e. The Morgan fingerprint density at radius 3 is 2.22 bits per heavy atom. The number of nitrogens with zero attached hydrogens (tertiary/aromatic N) is 5. The van der Waals surface area contributed by atoms with Crippen LogP contribution in [-0.4, -0.2) is 31.8 Å². The Kier molecular flexibility index (Phi) is 5.56. The lowest BCUT2D eigenvalue weighted by molar-refractivity contribution is 0.415. The molecule has 0 saturated carbocycles.